The van der Waals surface area contributed by atoms with E-state index in [-0.39, 0.29) is 17.5 Å². The Labute approximate surface area is 127 Å². The fourth-order valence-corrected chi connectivity index (χ4v) is 2.42. The summed E-state index contributed by atoms with van der Waals surface area (Å²) in [5, 5.41) is 3.92. The van der Waals surface area contributed by atoms with Gasteiger partial charge in [-0.25, -0.2) is 8.78 Å². The van der Waals surface area contributed by atoms with Crippen molar-refractivity contribution < 1.29 is 13.3 Å². The number of hydrogen-bond acceptors (Lipinski definition) is 3. The van der Waals surface area contributed by atoms with Crippen molar-refractivity contribution in [3.63, 3.8) is 0 Å². The average molecular weight is 351 g/mol. The van der Waals surface area contributed by atoms with Crippen LogP contribution in [0.25, 0.3) is 22.4 Å². The van der Waals surface area contributed by atoms with Gasteiger partial charge in [-0.1, -0.05) is 17.3 Å². The Hall–Kier alpha value is -2.21. The normalized spacial score (nSPS) is 10.8. The maximum atomic E-state index is 13.3. The highest BCUT2D eigenvalue weighted by molar-refractivity contribution is 9.10. The quantitative estimate of drug-likeness (QED) is 0.732. The van der Waals surface area contributed by atoms with Crippen molar-refractivity contribution in [2.45, 2.75) is 0 Å². The van der Waals surface area contributed by atoms with Crippen LogP contribution in [0.5, 0.6) is 0 Å². The zero-order valence-electron chi connectivity index (χ0n) is 10.6. The Morgan fingerprint density at radius 3 is 2.33 bits per heavy atom. The molecule has 0 fully saturated rings. The van der Waals surface area contributed by atoms with Crippen molar-refractivity contribution in [1.82, 2.24) is 5.16 Å². The number of anilines is 1. The smallest absolute Gasteiger partial charge is 0.230 e. The number of nitrogen functional groups attached to an aromatic ring is 1. The molecule has 0 aliphatic carbocycles. The van der Waals surface area contributed by atoms with Gasteiger partial charge in [0.1, 0.15) is 17.3 Å². The molecule has 2 aromatic carbocycles. The lowest BCUT2D eigenvalue weighted by Crippen LogP contribution is -1.89. The largest absolute Gasteiger partial charge is 0.367 e. The van der Waals surface area contributed by atoms with E-state index in [1.54, 1.807) is 24.3 Å². The van der Waals surface area contributed by atoms with Gasteiger partial charge in [-0.05, 0) is 51.8 Å². The first-order valence-corrected chi connectivity index (χ1v) is 6.82. The molecule has 0 aliphatic rings. The summed E-state index contributed by atoms with van der Waals surface area (Å²) in [6.07, 6.45) is 0. The Morgan fingerprint density at radius 2 is 1.67 bits per heavy atom. The van der Waals surface area contributed by atoms with E-state index >= 15 is 0 Å². The Morgan fingerprint density at radius 1 is 1.00 bits per heavy atom. The third-order valence-corrected chi connectivity index (χ3v) is 3.65. The first-order chi connectivity index (χ1) is 10.1. The second-order valence-corrected chi connectivity index (χ2v) is 5.26. The van der Waals surface area contributed by atoms with Crippen LogP contribution in [0, 0.1) is 11.6 Å². The predicted molar refractivity (Wildman–Crippen MR) is 79.4 cm³/mol. The van der Waals surface area contributed by atoms with Gasteiger partial charge in [-0.3, -0.25) is 0 Å². The summed E-state index contributed by atoms with van der Waals surface area (Å²) in [7, 11) is 0. The molecule has 1 heterocycles. The van der Waals surface area contributed by atoms with Crippen LogP contribution in [0.1, 0.15) is 0 Å². The molecule has 3 aromatic rings. The molecule has 0 unspecified atom stereocenters. The fourth-order valence-electron chi connectivity index (χ4n) is 2.04. The monoisotopic (exact) mass is 350 g/mol. The molecule has 3 rings (SSSR count). The van der Waals surface area contributed by atoms with Crippen LogP contribution in [-0.4, -0.2) is 5.16 Å². The van der Waals surface area contributed by atoms with Crippen molar-refractivity contribution in [2.24, 2.45) is 0 Å². The summed E-state index contributed by atoms with van der Waals surface area (Å²) in [6, 6.07) is 10.3. The van der Waals surface area contributed by atoms with Crippen LogP contribution in [0.2, 0.25) is 0 Å². The minimum Gasteiger partial charge on any atom is -0.367 e. The highest BCUT2D eigenvalue weighted by Gasteiger charge is 2.18. The third kappa shape index (κ3) is 2.54. The second-order valence-electron chi connectivity index (χ2n) is 4.41. The Kier molecular flexibility index (Phi) is 3.47. The zero-order valence-corrected chi connectivity index (χ0v) is 12.2. The van der Waals surface area contributed by atoms with Crippen molar-refractivity contribution in [3.8, 4) is 22.4 Å². The number of nitrogens with two attached hydrogens (primary N) is 1. The van der Waals surface area contributed by atoms with Gasteiger partial charge in [0.2, 0.25) is 5.88 Å². The molecule has 2 N–H and O–H groups in total. The molecule has 0 spiro atoms. The molecular weight excluding hydrogens is 342 g/mol. The lowest BCUT2D eigenvalue weighted by Gasteiger charge is -2.04. The summed E-state index contributed by atoms with van der Waals surface area (Å²) in [5.74, 6) is -0.601. The summed E-state index contributed by atoms with van der Waals surface area (Å²) >= 11 is 3.13. The van der Waals surface area contributed by atoms with E-state index in [4.69, 9.17) is 10.3 Å². The first kappa shape index (κ1) is 13.8. The molecule has 106 valence electrons. The van der Waals surface area contributed by atoms with Gasteiger partial charge in [-0.15, -0.1) is 0 Å². The third-order valence-electron chi connectivity index (χ3n) is 3.04. The average Bonchev–Trinajstić information content (AvgIpc) is 2.85. The summed E-state index contributed by atoms with van der Waals surface area (Å²) in [4.78, 5) is 0. The van der Waals surface area contributed by atoms with E-state index in [0.29, 0.717) is 26.9 Å². The maximum absolute atomic E-state index is 13.3. The summed E-state index contributed by atoms with van der Waals surface area (Å²) in [6.45, 7) is 0. The fraction of sp³-hybridized carbons (Fsp3) is 0. The topological polar surface area (TPSA) is 52.0 Å². The van der Waals surface area contributed by atoms with Gasteiger partial charge in [0.05, 0.1) is 10.0 Å². The molecule has 3 nitrogen and oxygen atoms in total. The van der Waals surface area contributed by atoms with E-state index in [1.807, 2.05) is 0 Å². The number of aromatic nitrogens is 1. The molecular formula is C15H9BrF2N2O. The van der Waals surface area contributed by atoms with Crippen LogP contribution in [0.15, 0.2) is 51.5 Å². The summed E-state index contributed by atoms with van der Waals surface area (Å²) in [5.41, 5.74) is 8.14. The second kappa shape index (κ2) is 5.29. The van der Waals surface area contributed by atoms with E-state index in [1.165, 1.54) is 18.2 Å². The lowest BCUT2D eigenvalue weighted by molar-refractivity contribution is 0.439. The minimum absolute atomic E-state index is 0.122. The molecule has 0 amide bonds. The van der Waals surface area contributed by atoms with Crippen molar-refractivity contribution in [2.75, 3.05) is 5.73 Å². The van der Waals surface area contributed by atoms with Crippen LogP contribution in [-0.2, 0) is 0 Å². The van der Waals surface area contributed by atoms with Crippen molar-refractivity contribution >= 4 is 21.8 Å². The molecule has 0 bridgehead atoms. The van der Waals surface area contributed by atoms with Crippen molar-refractivity contribution in [3.05, 3.63) is 58.6 Å². The summed E-state index contributed by atoms with van der Waals surface area (Å²) < 4.78 is 31.7. The lowest BCUT2D eigenvalue weighted by atomic mass is 10.0. The number of halogens is 3. The van der Waals surface area contributed by atoms with E-state index in [0.717, 1.165) is 0 Å². The standard InChI is InChI=1S/C15H9BrF2N2O/c16-11-7-9(3-6-12(11)18)14-13(15(19)21-20-14)8-1-4-10(17)5-2-8/h1-7H,19H2. The molecule has 6 heteroatoms. The van der Waals surface area contributed by atoms with Gasteiger partial charge >= 0.3 is 0 Å². The minimum atomic E-state index is -0.376. The van der Waals surface area contributed by atoms with E-state index in [9.17, 15) is 8.78 Å². The number of nitrogens with zero attached hydrogens (tertiary/aromatic N) is 1. The molecule has 0 saturated heterocycles. The molecule has 21 heavy (non-hydrogen) atoms. The van der Waals surface area contributed by atoms with Crippen LogP contribution < -0.4 is 5.73 Å². The van der Waals surface area contributed by atoms with Gasteiger partial charge in [0.15, 0.2) is 0 Å². The maximum Gasteiger partial charge on any atom is 0.230 e. The molecule has 0 saturated carbocycles. The molecule has 0 aliphatic heterocycles. The van der Waals surface area contributed by atoms with Gasteiger partial charge < -0.3 is 10.3 Å². The number of benzene rings is 2. The highest BCUT2D eigenvalue weighted by atomic mass is 79.9. The van der Waals surface area contributed by atoms with Gasteiger partial charge in [-0.2, -0.15) is 0 Å². The van der Waals surface area contributed by atoms with Crippen LogP contribution in [0.4, 0.5) is 14.7 Å². The first-order valence-electron chi connectivity index (χ1n) is 6.03. The van der Waals surface area contributed by atoms with Gasteiger partial charge in [0, 0.05) is 5.56 Å². The molecule has 0 radical (unpaired) electrons. The Balaban J connectivity index is 2.16. The molecule has 1 aromatic heterocycles. The zero-order chi connectivity index (χ0) is 15.0. The van der Waals surface area contributed by atoms with Gasteiger partial charge in [0.25, 0.3) is 0 Å². The van der Waals surface area contributed by atoms with E-state index < -0.39 is 0 Å². The van der Waals surface area contributed by atoms with Crippen molar-refractivity contribution in [1.29, 1.82) is 0 Å². The highest BCUT2D eigenvalue weighted by Crippen LogP contribution is 2.37. The van der Waals surface area contributed by atoms with E-state index in [2.05, 4.69) is 21.1 Å². The number of rotatable bonds is 2. The predicted octanol–water partition coefficient (Wildman–Crippen LogP) is 4.63. The van der Waals surface area contributed by atoms with Crippen LogP contribution >= 0.6 is 15.9 Å². The number of hydrogen-bond donors (Lipinski definition) is 1. The SMILES string of the molecule is Nc1onc(-c2ccc(F)c(Br)c2)c1-c1ccc(F)cc1. The Bertz CT molecular complexity index is 800. The molecule has 0 atom stereocenters. The van der Waals surface area contributed by atoms with Crippen LogP contribution in [0.3, 0.4) is 0 Å².